The third kappa shape index (κ3) is 3.64. The van der Waals surface area contributed by atoms with Gasteiger partial charge in [-0.05, 0) is 37.6 Å². The number of rotatable bonds is 6. The van der Waals surface area contributed by atoms with Gasteiger partial charge in [0.2, 0.25) is 0 Å². The molecule has 2 heterocycles. The topological polar surface area (TPSA) is 42.7 Å². The summed E-state index contributed by atoms with van der Waals surface area (Å²) in [5.74, 6) is 1.10. The minimum Gasteiger partial charge on any atom is -0.338 e. The second-order valence-corrected chi connectivity index (χ2v) is 4.90. The van der Waals surface area contributed by atoms with Crippen molar-refractivity contribution in [3.05, 3.63) is 47.8 Å². The van der Waals surface area contributed by atoms with Crippen molar-refractivity contribution in [2.45, 2.75) is 32.7 Å². The predicted molar refractivity (Wildman–Crippen MR) is 76.9 cm³/mol. The summed E-state index contributed by atoms with van der Waals surface area (Å²) in [5, 5.41) is 3.60. The molecule has 2 rings (SSSR count). The Hall–Kier alpha value is -1.68. The van der Waals surface area contributed by atoms with Crippen molar-refractivity contribution in [3.8, 4) is 0 Å². The highest BCUT2D eigenvalue weighted by atomic mass is 15.0. The van der Waals surface area contributed by atoms with Crippen LogP contribution in [0.5, 0.6) is 0 Å². The van der Waals surface area contributed by atoms with E-state index in [1.165, 1.54) is 5.56 Å². The van der Waals surface area contributed by atoms with Crippen molar-refractivity contribution in [2.75, 3.05) is 6.54 Å². The largest absolute Gasteiger partial charge is 0.338 e. The van der Waals surface area contributed by atoms with E-state index in [4.69, 9.17) is 0 Å². The van der Waals surface area contributed by atoms with Gasteiger partial charge in [0.1, 0.15) is 5.82 Å². The first-order valence-electron chi connectivity index (χ1n) is 6.83. The second kappa shape index (κ2) is 6.48. The Morgan fingerprint density at radius 2 is 2.16 bits per heavy atom. The summed E-state index contributed by atoms with van der Waals surface area (Å²) in [6.45, 7) is 5.22. The Balaban J connectivity index is 2.18. The number of aromatic nitrogens is 3. The van der Waals surface area contributed by atoms with Crippen LogP contribution in [-0.4, -0.2) is 21.1 Å². The van der Waals surface area contributed by atoms with E-state index in [1.54, 1.807) is 0 Å². The average molecular weight is 258 g/mol. The molecular formula is C15H22N4. The number of pyridine rings is 1. The van der Waals surface area contributed by atoms with E-state index in [-0.39, 0.29) is 0 Å². The van der Waals surface area contributed by atoms with Crippen LogP contribution in [-0.2, 0) is 13.5 Å². The van der Waals surface area contributed by atoms with Gasteiger partial charge in [0.25, 0.3) is 0 Å². The van der Waals surface area contributed by atoms with Crippen LogP contribution < -0.4 is 5.32 Å². The zero-order valence-electron chi connectivity index (χ0n) is 11.9. The van der Waals surface area contributed by atoms with Crippen molar-refractivity contribution in [1.29, 1.82) is 0 Å². The van der Waals surface area contributed by atoms with E-state index in [0.717, 1.165) is 30.9 Å². The molecule has 0 saturated carbocycles. The van der Waals surface area contributed by atoms with E-state index in [2.05, 4.69) is 38.9 Å². The molecule has 0 aromatic carbocycles. The van der Waals surface area contributed by atoms with Gasteiger partial charge < -0.3 is 9.88 Å². The Bertz CT molecular complexity index is 518. The predicted octanol–water partition coefficient (Wildman–Crippen LogP) is 2.41. The molecule has 0 saturated heterocycles. The van der Waals surface area contributed by atoms with Gasteiger partial charge in [0, 0.05) is 43.8 Å². The molecule has 1 atom stereocenters. The van der Waals surface area contributed by atoms with Gasteiger partial charge in [-0.1, -0.05) is 6.92 Å². The van der Waals surface area contributed by atoms with Crippen LogP contribution in [0.2, 0.25) is 0 Å². The maximum Gasteiger partial charge on any atom is 0.110 e. The molecule has 0 aliphatic rings. The summed E-state index contributed by atoms with van der Waals surface area (Å²) in [6, 6.07) is 4.53. The van der Waals surface area contributed by atoms with Crippen LogP contribution >= 0.6 is 0 Å². The van der Waals surface area contributed by atoms with Crippen molar-refractivity contribution >= 4 is 0 Å². The van der Waals surface area contributed by atoms with Crippen LogP contribution in [0.15, 0.2) is 30.7 Å². The summed E-state index contributed by atoms with van der Waals surface area (Å²) in [6.07, 6.45) is 7.74. The van der Waals surface area contributed by atoms with Gasteiger partial charge in [-0.3, -0.25) is 4.98 Å². The van der Waals surface area contributed by atoms with Crippen LogP contribution in [0.4, 0.5) is 0 Å². The third-order valence-electron chi connectivity index (χ3n) is 3.27. The van der Waals surface area contributed by atoms with Crippen LogP contribution in [0.1, 0.15) is 36.5 Å². The number of nitrogens with one attached hydrogen (secondary N) is 1. The third-order valence-corrected chi connectivity index (χ3v) is 3.27. The number of nitrogens with zero attached hydrogens (tertiary/aromatic N) is 3. The standard InChI is InChI=1S/C15H22N4/c1-4-6-17-14(11-15-18-8-9-19(15)3)13-5-7-16-12(2)10-13/h5,7-10,14,17H,4,6,11H2,1-3H3. The van der Waals surface area contributed by atoms with E-state index in [1.807, 2.05) is 32.6 Å². The fourth-order valence-electron chi connectivity index (χ4n) is 2.19. The van der Waals surface area contributed by atoms with Gasteiger partial charge >= 0.3 is 0 Å². The summed E-state index contributed by atoms with van der Waals surface area (Å²) in [7, 11) is 2.04. The molecule has 102 valence electrons. The molecule has 0 radical (unpaired) electrons. The lowest BCUT2D eigenvalue weighted by atomic mass is 10.0. The number of imidazole rings is 1. The molecule has 0 spiro atoms. The van der Waals surface area contributed by atoms with Crippen molar-refractivity contribution in [3.63, 3.8) is 0 Å². The van der Waals surface area contributed by atoms with Crippen molar-refractivity contribution in [2.24, 2.45) is 7.05 Å². The Kier molecular flexibility index (Phi) is 4.68. The zero-order chi connectivity index (χ0) is 13.7. The first-order valence-corrected chi connectivity index (χ1v) is 6.83. The van der Waals surface area contributed by atoms with Gasteiger partial charge in [-0.2, -0.15) is 0 Å². The molecule has 0 amide bonds. The van der Waals surface area contributed by atoms with Gasteiger partial charge in [0.05, 0.1) is 0 Å². The lowest BCUT2D eigenvalue weighted by Gasteiger charge is -2.19. The zero-order valence-corrected chi connectivity index (χ0v) is 11.9. The molecule has 19 heavy (non-hydrogen) atoms. The fraction of sp³-hybridized carbons (Fsp3) is 0.467. The lowest BCUT2D eigenvalue weighted by molar-refractivity contribution is 0.511. The number of hydrogen-bond acceptors (Lipinski definition) is 3. The van der Waals surface area contributed by atoms with Gasteiger partial charge in [-0.15, -0.1) is 0 Å². The smallest absolute Gasteiger partial charge is 0.110 e. The number of hydrogen-bond donors (Lipinski definition) is 1. The SMILES string of the molecule is CCCNC(Cc1nccn1C)c1ccnc(C)c1. The summed E-state index contributed by atoms with van der Waals surface area (Å²) >= 11 is 0. The minimum absolute atomic E-state index is 0.294. The van der Waals surface area contributed by atoms with Gasteiger partial charge in [0.15, 0.2) is 0 Å². The van der Waals surface area contributed by atoms with Crippen LogP contribution in [0.25, 0.3) is 0 Å². The van der Waals surface area contributed by atoms with Crippen LogP contribution in [0.3, 0.4) is 0 Å². The molecule has 4 nitrogen and oxygen atoms in total. The van der Waals surface area contributed by atoms with Crippen molar-refractivity contribution in [1.82, 2.24) is 19.9 Å². The molecular weight excluding hydrogens is 236 g/mol. The highest BCUT2D eigenvalue weighted by Gasteiger charge is 2.14. The van der Waals surface area contributed by atoms with E-state index in [0.29, 0.717) is 6.04 Å². The monoisotopic (exact) mass is 258 g/mol. The summed E-state index contributed by atoms with van der Waals surface area (Å²) in [5.41, 5.74) is 2.34. The fourth-order valence-corrected chi connectivity index (χ4v) is 2.19. The summed E-state index contributed by atoms with van der Waals surface area (Å²) < 4.78 is 2.08. The minimum atomic E-state index is 0.294. The highest BCUT2D eigenvalue weighted by molar-refractivity contribution is 5.20. The average Bonchev–Trinajstić information content (AvgIpc) is 2.80. The normalized spacial score (nSPS) is 12.6. The molecule has 2 aromatic rings. The van der Waals surface area contributed by atoms with Crippen molar-refractivity contribution < 1.29 is 0 Å². The van der Waals surface area contributed by atoms with Crippen LogP contribution in [0, 0.1) is 6.92 Å². The first-order chi connectivity index (χ1) is 9.20. The quantitative estimate of drug-likeness (QED) is 0.865. The van der Waals surface area contributed by atoms with E-state index in [9.17, 15) is 0 Å². The molecule has 0 bridgehead atoms. The highest BCUT2D eigenvalue weighted by Crippen LogP contribution is 2.17. The Morgan fingerprint density at radius 1 is 1.32 bits per heavy atom. The lowest BCUT2D eigenvalue weighted by Crippen LogP contribution is -2.25. The Morgan fingerprint density at radius 3 is 2.79 bits per heavy atom. The maximum atomic E-state index is 4.42. The van der Waals surface area contributed by atoms with E-state index < -0.39 is 0 Å². The van der Waals surface area contributed by atoms with E-state index >= 15 is 0 Å². The second-order valence-electron chi connectivity index (χ2n) is 4.90. The molecule has 1 N–H and O–H groups in total. The first kappa shape index (κ1) is 13.7. The molecule has 1 unspecified atom stereocenters. The summed E-state index contributed by atoms with van der Waals surface area (Å²) in [4.78, 5) is 8.69. The molecule has 4 heteroatoms. The van der Waals surface area contributed by atoms with Gasteiger partial charge in [-0.25, -0.2) is 4.98 Å². The Labute approximate surface area is 114 Å². The maximum absolute atomic E-state index is 4.42. The molecule has 0 aliphatic carbocycles. The molecule has 2 aromatic heterocycles. The number of aryl methyl sites for hydroxylation is 2. The molecule has 0 aliphatic heterocycles. The molecule has 0 fully saturated rings.